The van der Waals surface area contributed by atoms with E-state index in [0.29, 0.717) is 36.7 Å². The number of fused-ring (bicyclic) bond motifs is 1. The van der Waals surface area contributed by atoms with Gasteiger partial charge in [-0.25, -0.2) is 4.39 Å². The van der Waals surface area contributed by atoms with Gasteiger partial charge in [-0.15, -0.1) is 0 Å². The van der Waals surface area contributed by atoms with Crippen LogP contribution in [0.5, 0.6) is 0 Å². The van der Waals surface area contributed by atoms with Crippen LogP contribution in [0.1, 0.15) is 50.5 Å². The highest BCUT2D eigenvalue weighted by Gasteiger charge is 2.32. The topological polar surface area (TPSA) is 114 Å². The standard InChI is InChI=1S/C19H24FN5O2/c1-19(2,3)16(17(22)26)23-18(27)15-13-8-7-12(20)11-14(13)25(24-15)10-6-4-5-9-21/h7-8,11,16H,4-6,10H2,1-3H3,(H2,22,26)(H,23,27)/t16-/m1/s1. The van der Waals surface area contributed by atoms with Gasteiger partial charge in [0.05, 0.1) is 11.6 Å². The molecule has 7 nitrogen and oxygen atoms in total. The summed E-state index contributed by atoms with van der Waals surface area (Å²) in [4.78, 5) is 24.5. The molecule has 8 heteroatoms. The summed E-state index contributed by atoms with van der Waals surface area (Å²) in [7, 11) is 0. The Morgan fingerprint density at radius 3 is 2.67 bits per heavy atom. The summed E-state index contributed by atoms with van der Waals surface area (Å²) in [5, 5.41) is 16.1. The SMILES string of the molecule is CC(C)(C)[C@H](NC(=O)c1nn(CCCCC#N)c2cc(F)ccc12)C(N)=O. The zero-order valence-corrected chi connectivity index (χ0v) is 15.8. The molecule has 0 aliphatic carbocycles. The molecule has 0 aliphatic heterocycles. The number of nitrogens with zero attached hydrogens (tertiary/aromatic N) is 3. The molecule has 0 spiro atoms. The molecule has 2 rings (SSSR count). The third-order valence-electron chi connectivity index (χ3n) is 4.26. The zero-order valence-electron chi connectivity index (χ0n) is 15.8. The summed E-state index contributed by atoms with van der Waals surface area (Å²) in [5.41, 5.74) is 5.46. The number of primary amides is 1. The Kier molecular flexibility index (Phi) is 6.16. The van der Waals surface area contributed by atoms with Crippen LogP contribution < -0.4 is 11.1 Å². The molecular formula is C19H24FN5O2. The van der Waals surface area contributed by atoms with Crippen molar-refractivity contribution in [1.82, 2.24) is 15.1 Å². The number of rotatable bonds is 7. The van der Waals surface area contributed by atoms with Gasteiger partial charge >= 0.3 is 0 Å². The molecule has 0 fully saturated rings. The second-order valence-corrected chi connectivity index (χ2v) is 7.52. The van der Waals surface area contributed by atoms with E-state index in [1.54, 1.807) is 25.5 Å². The van der Waals surface area contributed by atoms with Crippen molar-refractivity contribution in [3.05, 3.63) is 29.7 Å². The van der Waals surface area contributed by atoms with Gasteiger partial charge in [-0.2, -0.15) is 10.4 Å². The molecule has 3 N–H and O–H groups in total. The molecule has 1 heterocycles. The summed E-state index contributed by atoms with van der Waals surface area (Å²) in [6.45, 7) is 5.84. The van der Waals surface area contributed by atoms with E-state index in [9.17, 15) is 14.0 Å². The summed E-state index contributed by atoms with van der Waals surface area (Å²) in [6.07, 6.45) is 1.78. The monoisotopic (exact) mass is 373 g/mol. The average molecular weight is 373 g/mol. The van der Waals surface area contributed by atoms with Gasteiger partial charge in [0.2, 0.25) is 5.91 Å². The molecule has 1 aromatic heterocycles. The molecule has 0 unspecified atom stereocenters. The smallest absolute Gasteiger partial charge is 0.273 e. The minimum Gasteiger partial charge on any atom is -0.368 e. The molecule has 2 amide bonds. The number of nitrogens with two attached hydrogens (primary N) is 1. The van der Waals surface area contributed by atoms with Gasteiger partial charge in [0.15, 0.2) is 5.69 Å². The lowest BCUT2D eigenvalue weighted by Crippen LogP contribution is -2.52. The van der Waals surface area contributed by atoms with E-state index in [-0.39, 0.29) is 5.69 Å². The van der Waals surface area contributed by atoms with Crippen molar-refractivity contribution in [3.63, 3.8) is 0 Å². The predicted molar refractivity (Wildman–Crippen MR) is 99.1 cm³/mol. The number of aryl methyl sites for hydroxylation is 1. The van der Waals surface area contributed by atoms with Gasteiger partial charge in [0, 0.05) is 18.4 Å². The zero-order chi connectivity index (χ0) is 20.2. The molecule has 0 radical (unpaired) electrons. The number of amides is 2. The number of hydrogen-bond acceptors (Lipinski definition) is 4. The Morgan fingerprint density at radius 2 is 2.07 bits per heavy atom. The van der Waals surface area contributed by atoms with Crippen LogP contribution in [0.15, 0.2) is 18.2 Å². The maximum atomic E-state index is 13.7. The fourth-order valence-electron chi connectivity index (χ4n) is 2.86. The Balaban J connectivity index is 2.35. The lowest BCUT2D eigenvalue weighted by atomic mass is 9.86. The normalized spacial score (nSPS) is 12.6. The first-order chi connectivity index (χ1) is 12.6. The van der Waals surface area contributed by atoms with Gasteiger partial charge < -0.3 is 11.1 Å². The van der Waals surface area contributed by atoms with E-state index < -0.39 is 29.1 Å². The number of nitrogens with one attached hydrogen (secondary N) is 1. The number of aromatic nitrogens is 2. The lowest BCUT2D eigenvalue weighted by Gasteiger charge is -2.28. The molecule has 0 bridgehead atoms. The van der Waals surface area contributed by atoms with Crippen molar-refractivity contribution in [2.75, 3.05) is 0 Å². The first-order valence-corrected chi connectivity index (χ1v) is 8.78. The van der Waals surface area contributed by atoms with E-state index in [1.807, 2.05) is 0 Å². The van der Waals surface area contributed by atoms with Crippen molar-refractivity contribution in [3.8, 4) is 6.07 Å². The van der Waals surface area contributed by atoms with Crippen molar-refractivity contribution in [2.45, 2.75) is 52.6 Å². The van der Waals surface area contributed by atoms with E-state index in [0.717, 1.165) is 0 Å². The summed E-state index contributed by atoms with van der Waals surface area (Å²) >= 11 is 0. The number of carbonyl (C=O) groups excluding carboxylic acids is 2. The number of benzene rings is 1. The van der Waals surface area contributed by atoms with Crippen LogP contribution in [0.4, 0.5) is 4.39 Å². The highest BCUT2D eigenvalue weighted by atomic mass is 19.1. The van der Waals surface area contributed by atoms with Gasteiger partial charge in [0.1, 0.15) is 11.9 Å². The van der Waals surface area contributed by atoms with Crippen LogP contribution in [-0.4, -0.2) is 27.6 Å². The quantitative estimate of drug-likeness (QED) is 0.726. The first kappa shape index (κ1) is 20.4. The number of halogens is 1. The Morgan fingerprint density at radius 1 is 1.37 bits per heavy atom. The highest BCUT2D eigenvalue weighted by molar-refractivity contribution is 6.06. The first-order valence-electron chi connectivity index (χ1n) is 8.78. The van der Waals surface area contributed by atoms with Crippen molar-refractivity contribution in [1.29, 1.82) is 5.26 Å². The molecule has 2 aromatic rings. The molecular weight excluding hydrogens is 349 g/mol. The summed E-state index contributed by atoms with van der Waals surface area (Å²) in [5.74, 6) is -1.61. The van der Waals surface area contributed by atoms with E-state index >= 15 is 0 Å². The fraction of sp³-hybridized carbons (Fsp3) is 0.474. The van der Waals surface area contributed by atoms with Crippen molar-refractivity contribution in [2.24, 2.45) is 11.1 Å². The van der Waals surface area contributed by atoms with Crippen LogP contribution in [0.25, 0.3) is 10.9 Å². The number of unbranched alkanes of at least 4 members (excludes halogenated alkanes) is 2. The van der Waals surface area contributed by atoms with E-state index in [1.165, 1.54) is 18.2 Å². The molecule has 1 atom stereocenters. The third-order valence-corrected chi connectivity index (χ3v) is 4.26. The van der Waals surface area contributed by atoms with Gasteiger partial charge in [-0.05, 0) is 36.5 Å². The van der Waals surface area contributed by atoms with Crippen LogP contribution in [-0.2, 0) is 11.3 Å². The number of carbonyl (C=O) groups is 2. The molecule has 0 saturated heterocycles. The van der Waals surface area contributed by atoms with Crippen molar-refractivity contribution >= 4 is 22.7 Å². The van der Waals surface area contributed by atoms with Crippen LogP contribution in [0, 0.1) is 22.6 Å². The van der Waals surface area contributed by atoms with Crippen molar-refractivity contribution < 1.29 is 14.0 Å². The third kappa shape index (κ3) is 4.82. The fourth-order valence-corrected chi connectivity index (χ4v) is 2.86. The molecule has 1 aromatic carbocycles. The molecule has 0 saturated carbocycles. The van der Waals surface area contributed by atoms with Crippen LogP contribution in [0.3, 0.4) is 0 Å². The van der Waals surface area contributed by atoms with Crippen LogP contribution >= 0.6 is 0 Å². The van der Waals surface area contributed by atoms with Crippen LogP contribution in [0.2, 0.25) is 0 Å². The number of nitriles is 1. The minimum atomic E-state index is -0.874. The second kappa shape index (κ2) is 8.16. The Labute approximate surface area is 157 Å². The average Bonchev–Trinajstić information content (AvgIpc) is 2.93. The minimum absolute atomic E-state index is 0.112. The largest absolute Gasteiger partial charge is 0.368 e. The predicted octanol–water partition coefficient (Wildman–Crippen LogP) is 2.50. The molecule has 144 valence electrons. The highest BCUT2D eigenvalue weighted by Crippen LogP contribution is 2.23. The lowest BCUT2D eigenvalue weighted by molar-refractivity contribution is -0.122. The summed E-state index contributed by atoms with van der Waals surface area (Å²) in [6, 6.07) is 5.27. The maximum Gasteiger partial charge on any atom is 0.273 e. The van der Waals surface area contributed by atoms with Gasteiger partial charge in [-0.1, -0.05) is 20.8 Å². The van der Waals surface area contributed by atoms with E-state index in [2.05, 4.69) is 16.5 Å². The van der Waals surface area contributed by atoms with Gasteiger partial charge in [0.25, 0.3) is 5.91 Å². The maximum absolute atomic E-state index is 13.7. The van der Waals surface area contributed by atoms with Gasteiger partial charge in [-0.3, -0.25) is 14.3 Å². The molecule has 27 heavy (non-hydrogen) atoms. The number of hydrogen-bond donors (Lipinski definition) is 2. The Bertz CT molecular complexity index is 892. The molecule has 0 aliphatic rings. The second-order valence-electron chi connectivity index (χ2n) is 7.52. The van der Waals surface area contributed by atoms with E-state index in [4.69, 9.17) is 11.0 Å². The summed E-state index contributed by atoms with van der Waals surface area (Å²) < 4.78 is 15.3. The Hall–Kier alpha value is -2.95.